The third kappa shape index (κ3) is 4.28. The molecular weight excluding hydrogens is 409 g/mol. The smallest absolute Gasteiger partial charge is 0.332 e. The highest BCUT2D eigenvalue weighted by molar-refractivity contribution is 5.76. The van der Waals surface area contributed by atoms with E-state index >= 15 is 0 Å². The highest BCUT2D eigenvalue weighted by Gasteiger charge is 2.37. The fraction of sp³-hybridized carbons (Fsp3) is 0.524. The third-order valence-electron chi connectivity index (χ3n) is 5.53. The molecule has 1 aliphatic rings. The molecule has 1 aliphatic heterocycles. The molecule has 1 saturated heterocycles. The predicted molar refractivity (Wildman–Crippen MR) is 107 cm³/mol. The van der Waals surface area contributed by atoms with E-state index in [2.05, 4.69) is 15.2 Å². The number of carbonyl (C=O) groups is 1. The third-order valence-corrected chi connectivity index (χ3v) is 5.53. The van der Waals surface area contributed by atoms with E-state index in [1.54, 1.807) is 29.4 Å². The molecule has 7 nitrogen and oxygen atoms in total. The van der Waals surface area contributed by atoms with Gasteiger partial charge < -0.3 is 4.90 Å². The lowest BCUT2D eigenvalue weighted by Crippen LogP contribution is -2.40. The SMILES string of the molecule is CC(C)(C)c1cc(C(F)(F)F)n2nc(C3CCCCN3C(=O)Cn3cccn3)cc2n1. The van der Waals surface area contributed by atoms with Gasteiger partial charge in [0, 0.05) is 30.4 Å². The average Bonchev–Trinajstić information content (AvgIpc) is 3.34. The van der Waals surface area contributed by atoms with Crippen LogP contribution in [0.5, 0.6) is 0 Å². The number of hydrogen-bond acceptors (Lipinski definition) is 4. The summed E-state index contributed by atoms with van der Waals surface area (Å²) < 4.78 is 43.8. The van der Waals surface area contributed by atoms with E-state index in [1.165, 1.54) is 4.68 Å². The maximum absolute atomic E-state index is 13.8. The number of likely N-dealkylation sites (tertiary alicyclic amines) is 1. The van der Waals surface area contributed by atoms with E-state index in [0.717, 1.165) is 23.4 Å². The van der Waals surface area contributed by atoms with Crippen molar-refractivity contribution in [3.63, 3.8) is 0 Å². The summed E-state index contributed by atoms with van der Waals surface area (Å²) in [6, 6.07) is 3.98. The standard InChI is InChI=1S/C21H25F3N6O/c1-20(2,3)16-12-17(21(22,23)24)30-18(26-16)11-14(27-30)15-7-4-5-10-29(15)19(31)13-28-9-6-8-25-28/h6,8-9,11-12,15H,4-5,7,10,13H2,1-3H3. The maximum Gasteiger partial charge on any atom is 0.433 e. The monoisotopic (exact) mass is 434 g/mol. The molecule has 3 aromatic rings. The lowest BCUT2D eigenvalue weighted by molar-refractivity contribution is -0.143. The minimum absolute atomic E-state index is 0.0805. The number of amides is 1. The number of halogens is 3. The van der Waals surface area contributed by atoms with Crippen LogP contribution in [0.25, 0.3) is 5.65 Å². The zero-order valence-corrected chi connectivity index (χ0v) is 17.7. The van der Waals surface area contributed by atoms with Gasteiger partial charge in [-0.05, 0) is 31.4 Å². The van der Waals surface area contributed by atoms with E-state index in [0.29, 0.717) is 24.4 Å². The Hall–Kier alpha value is -2.91. The average molecular weight is 434 g/mol. The molecule has 4 rings (SSSR count). The van der Waals surface area contributed by atoms with Gasteiger partial charge in [-0.25, -0.2) is 9.50 Å². The van der Waals surface area contributed by atoms with Crippen LogP contribution in [0.2, 0.25) is 0 Å². The number of carbonyl (C=O) groups excluding carboxylic acids is 1. The molecule has 1 amide bonds. The van der Waals surface area contributed by atoms with Crippen molar-refractivity contribution in [1.82, 2.24) is 29.3 Å². The van der Waals surface area contributed by atoms with Crippen LogP contribution in [0.1, 0.15) is 63.2 Å². The van der Waals surface area contributed by atoms with Gasteiger partial charge in [0.05, 0.1) is 17.4 Å². The van der Waals surface area contributed by atoms with Gasteiger partial charge in [0.15, 0.2) is 5.65 Å². The Morgan fingerprint density at radius 1 is 1.19 bits per heavy atom. The summed E-state index contributed by atoms with van der Waals surface area (Å²) in [6.07, 6.45) is 1.08. The first-order valence-electron chi connectivity index (χ1n) is 10.3. The lowest BCUT2D eigenvalue weighted by Gasteiger charge is -2.34. The zero-order chi connectivity index (χ0) is 22.4. The summed E-state index contributed by atoms with van der Waals surface area (Å²) in [4.78, 5) is 19.1. The molecule has 0 spiro atoms. The number of hydrogen-bond donors (Lipinski definition) is 0. The number of aromatic nitrogens is 5. The maximum atomic E-state index is 13.8. The van der Waals surface area contributed by atoms with Crippen molar-refractivity contribution in [1.29, 1.82) is 0 Å². The molecule has 0 bridgehead atoms. The Kier molecular flexibility index (Phi) is 5.26. The molecule has 10 heteroatoms. The molecule has 3 aromatic heterocycles. The summed E-state index contributed by atoms with van der Waals surface area (Å²) in [6.45, 7) is 6.07. The van der Waals surface area contributed by atoms with Crippen LogP contribution in [0, 0.1) is 0 Å². The summed E-state index contributed by atoms with van der Waals surface area (Å²) >= 11 is 0. The first kappa shape index (κ1) is 21.3. The first-order chi connectivity index (χ1) is 14.5. The van der Waals surface area contributed by atoms with Crippen molar-refractivity contribution in [3.05, 3.63) is 47.7 Å². The fourth-order valence-corrected chi connectivity index (χ4v) is 3.90. The van der Waals surface area contributed by atoms with Crippen molar-refractivity contribution in [3.8, 4) is 0 Å². The van der Waals surface area contributed by atoms with E-state index < -0.39 is 23.3 Å². The molecule has 1 atom stereocenters. The second kappa shape index (κ2) is 7.65. The first-order valence-corrected chi connectivity index (χ1v) is 10.3. The van der Waals surface area contributed by atoms with E-state index in [-0.39, 0.29) is 18.1 Å². The number of alkyl halides is 3. The Bertz CT molecular complexity index is 1080. The van der Waals surface area contributed by atoms with Gasteiger partial charge in [-0.15, -0.1) is 0 Å². The van der Waals surface area contributed by atoms with Crippen LogP contribution in [0.4, 0.5) is 13.2 Å². The minimum Gasteiger partial charge on any atom is -0.332 e. The lowest BCUT2D eigenvalue weighted by atomic mass is 9.91. The van der Waals surface area contributed by atoms with Gasteiger partial charge in [-0.1, -0.05) is 20.8 Å². The Morgan fingerprint density at radius 2 is 1.97 bits per heavy atom. The van der Waals surface area contributed by atoms with Gasteiger partial charge in [0.25, 0.3) is 0 Å². The molecule has 1 unspecified atom stereocenters. The molecule has 166 valence electrons. The quantitative estimate of drug-likeness (QED) is 0.625. The highest BCUT2D eigenvalue weighted by atomic mass is 19.4. The van der Waals surface area contributed by atoms with Crippen molar-refractivity contribution < 1.29 is 18.0 Å². The zero-order valence-electron chi connectivity index (χ0n) is 17.7. The predicted octanol–water partition coefficient (Wildman–Crippen LogP) is 4.00. The Morgan fingerprint density at radius 3 is 2.61 bits per heavy atom. The molecule has 31 heavy (non-hydrogen) atoms. The Labute approximate surface area is 177 Å². The van der Waals surface area contributed by atoms with Crippen molar-refractivity contribution in [2.45, 2.75) is 64.2 Å². The van der Waals surface area contributed by atoms with Crippen LogP contribution in [-0.4, -0.2) is 41.7 Å². The van der Waals surface area contributed by atoms with Gasteiger partial charge in [0.2, 0.25) is 5.91 Å². The molecule has 4 heterocycles. The number of rotatable bonds is 3. The number of fused-ring (bicyclic) bond motifs is 1. The van der Waals surface area contributed by atoms with Crippen LogP contribution in [0.15, 0.2) is 30.6 Å². The number of piperidine rings is 1. The van der Waals surface area contributed by atoms with Crippen LogP contribution in [0.3, 0.4) is 0 Å². The van der Waals surface area contributed by atoms with E-state index in [9.17, 15) is 18.0 Å². The molecular formula is C21H25F3N6O. The fourth-order valence-electron chi connectivity index (χ4n) is 3.90. The molecule has 0 saturated carbocycles. The molecule has 0 aliphatic carbocycles. The largest absolute Gasteiger partial charge is 0.433 e. The van der Waals surface area contributed by atoms with Crippen molar-refractivity contribution in [2.24, 2.45) is 0 Å². The van der Waals surface area contributed by atoms with Gasteiger partial charge >= 0.3 is 6.18 Å². The second-order valence-corrected chi connectivity index (χ2v) is 8.92. The summed E-state index contributed by atoms with van der Waals surface area (Å²) in [5, 5.41) is 8.34. The topological polar surface area (TPSA) is 68.3 Å². The Balaban J connectivity index is 1.74. The normalized spacial score (nSPS) is 18.0. The van der Waals surface area contributed by atoms with Gasteiger partial charge in [-0.2, -0.15) is 23.4 Å². The van der Waals surface area contributed by atoms with Crippen molar-refractivity contribution >= 4 is 11.6 Å². The second-order valence-electron chi connectivity index (χ2n) is 8.92. The number of nitrogens with zero attached hydrogens (tertiary/aromatic N) is 6. The van der Waals surface area contributed by atoms with Crippen LogP contribution in [-0.2, 0) is 22.9 Å². The van der Waals surface area contributed by atoms with Crippen LogP contribution >= 0.6 is 0 Å². The van der Waals surface area contributed by atoms with E-state index in [4.69, 9.17) is 0 Å². The molecule has 0 radical (unpaired) electrons. The van der Waals surface area contributed by atoms with Gasteiger partial charge in [0.1, 0.15) is 12.2 Å². The molecule has 0 aromatic carbocycles. The van der Waals surface area contributed by atoms with E-state index in [1.807, 2.05) is 20.8 Å². The summed E-state index contributed by atoms with van der Waals surface area (Å²) in [5.41, 5.74) is -0.506. The van der Waals surface area contributed by atoms with Crippen LogP contribution < -0.4 is 0 Å². The molecule has 0 N–H and O–H groups in total. The molecule has 1 fully saturated rings. The highest BCUT2D eigenvalue weighted by Crippen LogP contribution is 2.35. The minimum atomic E-state index is -4.58. The van der Waals surface area contributed by atoms with Gasteiger partial charge in [-0.3, -0.25) is 9.48 Å². The summed E-state index contributed by atoms with van der Waals surface area (Å²) in [7, 11) is 0. The summed E-state index contributed by atoms with van der Waals surface area (Å²) in [5.74, 6) is -0.134. The van der Waals surface area contributed by atoms with Crippen molar-refractivity contribution in [2.75, 3.05) is 6.54 Å².